The van der Waals surface area contributed by atoms with E-state index in [4.69, 9.17) is 11.0 Å². The van der Waals surface area contributed by atoms with Gasteiger partial charge >= 0.3 is 0 Å². The number of nitrogen functional groups attached to an aromatic ring is 1. The molecule has 3 rings (SSSR count). The van der Waals surface area contributed by atoms with Gasteiger partial charge in [-0.2, -0.15) is 20.2 Å². The zero-order chi connectivity index (χ0) is 17.8. The predicted molar refractivity (Wildman–Crippen MR) is 87.8 cm³/mol. The Morgan fingerprint density at radius 1 is 1.00 bits per heavy atom. The Morgan fingerprint density at radius 3 is 2.32 bits per heavy atom. The molecular weight excluding hydrogens is 326 g/mol. The third-order valence-corrected chi connectivity index (χ3v) is 3.25. The molecule has 6 nitrogen and oxygen atoms in total. The zero-order valence-corrected chi connectivity index (χ0v) is 12.9. The number of nitrogens with zero attached hydrogens (tertiary/aromatic N) is 4. The number of hydrogen-bond donors (Lipinski definition) is 2. The van der Waals surface area contributed by atoms with E-state index in [2.05, 4.69) is 20.3 Å². The lowest BCUT2D eigenvalue weighted by molar-refractivity contribution is 0.580. The average Bonchev–Trinajstić information content (AvgIpc) is 2.54. The molecule has 0 spiro atoms. The van der Waals surface area contributed by atoms with Crippen LogP contribution in [0, 0.1) is 23.0 Å². The third-order valence-electron chi connectivity index (χ3n) is 3.25. The number of aromatic nitrogens is 3. The standard InChI is InChI=1S/C17H12F2N6/c18-12-5-11(6-13(19)8-12)7-15-23-16(21)25-17(24-15)22-14-3-1-10(9-20)2-4-14/h1-6,8H,7H2,(H3,21,22,23,24,25). The van der Waals surface area contributed by atoms with Gasteiger partial charge in [-0.25, -0.2) is 8.78 Å². The van der Waals surface area contributed by atoms with Gasteiger partial charge in [0.25, 0.3) is 0 Å². The maximum atomic E-state index is 13.3. The molecule has 3 N–H and O–H groups in total. The van der Waals surface area contributed by atoms with Gasteiger partial charge in [0.15, 0.2) is 0 Å². The second-order valence-corrected chi connectivity index (χ2v) is 5.20. The van der Waals surface area contributed by atoms with E-state index in [1.54, 1.807) is 24.3 Å². The Balaban J connectivity index is 1.83. The van der Waals surface area contributed by atoms with Crippen molar-refractivity contribution in [2.75, 3.05) is 11.1 Å². The second-order valence-electron chi connectivity index (χ2n) is 5.20. The Kier molecular flexibility index (Phi) is 4.48. The van der Waals surface area contributed by atoms with Crippen molar-refractivity contribution in [3.05, 3.63) is 71.1 Å². The minimum atomic E-state index is -0.673. The van der Waals surface area contributed by atoms with E-state index in [1.165, 1.54) is 12.1 Å². The van der Waals surface area contributed by atoms with Gasteiger partial charge in [-0.15, -0.1) is 0 Å². The maximum absolute atomic E-state index is 13.3. The van der Waals surface area contributed by atoms with E-state index in [0.717, 1.165) is 6.07 Å². The van der Waals surface area contributed by atoms with Crippen molar-refractivity contribution in [1.82, 2.24) is 15.0 Å². The molecule has 1 aromatic heterocycles. The quantitative estimate of drug-likeness (QED) is 0.758. The van der Waals surface area contributed by atoms with Crippen LogP contribution in [0.2, 0.25) is 0 Å². The van der Waals surface area contributed by atoms with Crippen molar-refractivity contribution in [3.63, 3.8) is 0 Å². The summed E-state index contributed by atoms with van der Waals surface area (Å²) >= 11 is 0. The van der Waals surface area contributed by atoms with Gasteiger partial charge in [0.2, 0.25) is 11.9 Å². The number of benzene rings is 2. The highest BCUT2D eigenvalue weighted by Gasteiger charge is 2.08. The Morgan fingerprint density at radius 2 is 1.68 bits per heavy atom. The van der Waals surface area contributed by atoms with Gasteiger partial charge in [-0.3, -0.25) is 0 Å². The smallest absolute Gasteiger partial charge is 0.232 e. The number of nitrogens with two attached hydrogens (primary N) is 1. The van der Waals surface area contributed by atoms with E-state index in [1.807, 2.05) is 6.07 Å². The first kappa shape index (κ1) is 16.3. The van der Waals surface area contributed by atoms with Gasteiger partial charge in [0, 0.05) is 18.2 Å². The molecule has 0 saturated heterocycles. The largest absolute Gasteiger partial charge is 0.368 e. The molecule has 0 amide bonds. The van der Waals surface area contributed by atoms with Crippen molar-refractivity contribution in [3.8, 4) is 6.07 Å². The molecule has 0 aliphatic heterocycles. The van der Waals surface area contributed by atoms with E-state index in [0.29, 0.717) is 16.8 Å². The molecule has 1 heterocycles. The van der Waals surface area contributed by atoms with Crippen LogP contribution >= 0.6 is 0 Å². The summed E-state index contributed by atoms with van der Waals surface area (Å²) in [5, 5.41) is 11.7. The van der Waals surface area contributed by atoms with Crippen LogP contribution in [0.3, 0.4) is 0 Å². The molecule has 0 bridgehead atoms. The summed E-state index contributed by atoms with van der Waals surface area (Å²) < 4.78 is 26.6. The maximum Gasteiger partial charge on any atom is 0.232 e. The topological polar surface area (TPSA) is 101 Å². The highest BCUT2D eigenvalue weighted by Crippen LogP contribution is 2.16. The first-order valence-corrected chi connectivity index (χ1v) is 7.24. The minimum absolute atomic E-state index is 0.0157. The lowest BCUT2D eigenvalue weighted by atomic mass is 10.1. The molecular formula is C17H12F2N6. The SMILES string of the molecule is N#Cc1ccc(Nc2nc(N)nc(Cc3cc(F)cc(F)c3)n2)cc1. The Hall–Kier alpha value is -3.60. The summed E-state index contributed by atoms with van der Waals surface area (Å²) in [6.45, 7) is 0. The van der Waals surface area contributed by atoms with Gasteiger partial charge in [-0.1, -0.05) is 0 Å². The number of nitrogens with one attached hydrogen (secondary N) is 1. The molecule has 0 atom stereocenters. The Labute approximate surface area is 142 Å². The van der Waals surface area contributed by atoms with Crippen molar-refractivity contribution in [2.24, 2.45) is 0 Å². The lowest BCUT2D eigenvalue weighted by Crippen LogP contribution is -2.08. The van der Waals surface area contributed by atoms with Gasteiger partial charge < -0.3 is 11.1 Å². The second kappa shape index (κ2) is 6.88. The number of hydrogen-bond acceptors (Lipinski definition) is 6. The highest BCUT2D eigenvalue weighted by atomic mass is 19.1. The van der Waals surface area contributed by atoms with Crippen LogP contribution in [-0.2, 0) is 6.42 Å². The fourth-order valence-electron chi connectivity index (χ4n) is 2.23. The van der Waals surface area contributed by atoms with Gasteiger partial charge in [0.05, 0.1) is 11.6 Å². The molecule has 0 saturated carbocycles. The molecule has 3 aromatic rings. The monoisotopic (exact) mass is 338 g/mol. The fraction of sp³-hybridized carbons (Fsp3) is 0.0588. The fourth-order valence-corrected chi connectivity index (χ4v) is 2.23. The summed E-state index contributed by atoms with van der Waals surface area (Å²) in [5.41, 5.74) is 7.24. The van der Waals surface area contributed by atoms with Crippen LogP contribution in [-0.4, -0.2) is 15.0 Å². The summed E-state index contributed by atoms with van der Waals surface area (Å²) in [7, 11) is 0. The predicted octanol–water partition coefficient (Wildman–Crippen LogP) is 2.94. The lowest BCUT2D eigenvalue weighted by Gasteiger charge is -2.08. The van der Waals surface area contributed by atoms with Crippen molar-refractivity contribution >= 4 is 17.6 Å². The first-order chi connectivity index (χ1) is 12.0. The molecule has 0 unspecified atom stereocenters. The molecule has 0 aliphatic carbocycles. The summed E-state index contributed by atoms with van der Waals surface area (Å²) in [6.07, 6.45) is 0.101. The molecule has 25 heavy (non-hydrogen) atoms. The van der Waals surface area contributed by atoms with Crippen LogP contribution in [0.15, 0.2) is 42.5 Å². The number of nitriles is 1. The summed E-state index contributed by atoms with van der Waals surface area (Å²) in [4.78, 5) is 12.2. The normalized spacial score (nSPS) is 10.3. The minimum Gasteiger partial charge on any atom is -0.368 e. The summed E-state index contributed by atoms with van der Waals surface area (Å²) in [5.74, 6) is -0.892. The molecule has 0 aliphatic rings. The van der Waals surface area contributed by atoms with Gasteiger partial charge in [-0.05, 0) is 42.0 Å². The van der Waals surface area contributed by atoms with Crippen LogP contribution in [0.1, 0.15) is 17.0 Å². The van der Waals surface area contributed by atoms with Crippen LogP contribution in [0.5, 0.6) is 0 Å². The highest BCUT2D eigenvalue weighted by molar-refractivity contribution is 5.55. The van der Waals surface area contributed by atoms with E-state index >= 15 is 0 Å². The van der Waals surface area contributed by atoms with Crippen LogP contribution in [0.25, 0.3) is 0 Å². The van der Waals surface area contributed by atoms with E-state index in [9.17, 15) is 8.78 Å². The van der Waals surface area contributed by atoms with Crippen LogP contribution in [0.4, 0.5) is 26.4 Å². The molecule has 2 aromatic carbocycles. The molecule has 8 heteroatoms. The van der Waals surface area contributed by atoms with Crippen molar-refractivity contribution < 1.29 is 8.78 Å². The summed E-state index contributed by atoms with van der Waals surface area (Å²) in [6, 6.07) is 11.9. The van der Waals surface area contributed by atoms with Crippen molar-refractivity contribution in [1.29, 1.82) is 5.26 Å². The van der Waals surface area contributed by atoms with Crippen LogP contribution < -0.4 is 11.1 Å². The Bertz CT molecular complexity index is 930. The molecule has 124 valence electrons. The molecule has 0 radical (unpaired) electrons. The first-order valence-electron chi connectivity index (χ1n) is 7.24. The molecule has 0 fully saturated rings. The number of halogens is 2. The van der Waals surface area contributed by atoms with E-state index < -0.39 is 11.6 Å². The van der Waals surface area contributed by atoms with E-state index in [-0.39, 0.29) is 24.1 Å². The van der Waals surface area contributed by atoms with Gasteiger partial charge in [0.1, 0.15) is 17.5 Å². The number of anilines is 3. The average molecular weight is 338 g/mol. The van der Waals surface area contributed by atoms with Crippen molar-refractivity contribution in [2.45, 2.75) is 6.42 Å². The zero-order valence-electron chi connectivity index (χ0n) is 12.9. The number of rotatable bonds is 4. The third kappa shape index (κ3) is 4.23.